The molecule has 1 nitrogen and oxygen atoms in total. The quantitative estimate of drug-likeness (QED) is 0.814. The highest BCUT2D eigenvalue weighted by molar-refractivity contribution is 6.31. The monoisotopic (exact) mass is 267 g/mol. The molecule has 1 aromatic carbocycles. The van der Waals surface area contributed by atoms with E-state index < -0.39 is 0 Å². The molecule has 102 valence electrons. The molecule has 1 N–H and O–H groups in total. The average molecular weight is 268 g/mol. The molecule has 1 rings (SSSR count). The lowest BCUT2D eigenvalue weighted by Gasteiger charge is -2.33. The van der Waals surface area contributed by atoms with Gasteiger partial charge in [0.15, 0.2) is 0 Å². The second-order valence-corrected chi connectivity index (χ2v) is 7.48. The third kappa shape index (κ3) is 5.41. The molecule has 0 fully saturated rings. The maximum absolute atomic E-state index is 6.25. The Balaban J connectivity index is 2.64. The molecule has 0 aliphatic carbocycles. The summed E-state index contributed by atoms with van der Waals surface area (Å²) >= 11 is 6.25. The Bertz CT molecular complexity index is 402. The highest BCUT2D eigenvalue weighted by atomic mass is 35.5. The molecule has 0 heterocycles. The number of hydrogen-bond acceptors (Lipinski definition) is 1. The van der Waals surface area contributed by atoms with Crippen molar-refractivity contribution in [3.05, 3.63) is 34.3 Å². The van der Waals surface area contributed by atoms with Crippen LogP contribution in [0.3, 0.4) is 0 Å². The van der Waals surface area contributed by atoms with Crippen LogP contribution in [0.5, 0.6) is 0 Å². The number of benzene rings is 1. The zero-order valence-corrected chi connectivity index (χ0v) is 13.3. The van der Waals surface area contributed by atoms with E-state index >= 15 is 0 Å². The molecule has 18 heavy (non-hydrogen) atoms. The summed E-state index contributed by atoms with van der Waals surface area (Å²) in [5.41, 5.74) is 2.82. The largest absolute Gasteiger partial charge is 0.308 e. The summed E-state index contributed by atoms with van der Waals surface area (Å²) in [6.07, 6.45) is 1.13. The Morgan fingerprint density at radius 2 is 1.72 bits per heavy atom. The van der Waals surface area contributed by atoms with Crippen molar-refractivity contribution < 1.29 is 0 Å². The van der Waals surface area contributed by atoms with Crippen LogP contribution in [0.2, 0.25) is 5.02 Å². The molecule has 0 bridgehead atoms. The van der Waals surface area contributed by atoms with E-state index in [-0.39, 0.29) is 5.54 Å². The fourth-order valence-electron chi connectivity index (χ4n) is 2.52. The first-order chi connectivity index (χ1) is 8.09. The fraction of sp³-hybridized carbons (Fsp3) is 0.625. The van der Waals surface area contributed by atoms with E-state index in [9.17, 15) is 0 Å². The van der Waals surface area contributed by atoms with Gasteiger partial charge < -0.3 is 5.32 Å². The van der Waals surface area contributed by atoms with Gasteiger partial charge in [0.05, 0.1) is 0 Å². The summed E-state index contributed by atoms with van der Waals surface area (Å²) in [5.74, 6) is 0. The first-order valence-electron chi connectivity index (χ1n) is 6.59. The second-order valence-electron chi connectivity index (χ2n) is 7.07. The van der Waals surface area contributed by atoms with E-state index in [1.54, 1.807) is 0 Å². The molecule has 0 radical (unpaired) electrons. The third-order valence-corrected chi connectivity index (χ3v) is 3.29. The highest BCUT2D eigenvalue weighted by Crippen LogP contribution is 2.27. The second kappa shape index (κ2) is 5.63. The molecule has 2 heteroatoms. The van der Waals surface area contributed by atoms with Crippen LogP contribution in [0.15, 0.2) is 18.2 Å². The summed E-state index contributed by atoms with van der Waals surface area (Å²) in [6.45, 7) is 14.2. The van der Waals surface area contributed by atoms with E-state index in [4.69, 9.17) is 11.6 Å². The van der Waals surface area contributed by atoms with Gasteiger partial charge in [-0.2, -0.15) is 0 Å². The summed E-state index contributed by atoms with van der Waals surface area (Å²) in [7, 11) is 0. The zero-order chi connectivity index (χ0) is 14.0. The van der Waals surface area contributed by atoms with Gasteiger partial charge in [-0.05, 0) is 49.8 Å². The van der Waals surface area contributed by atoms with Crippen molar-refractivity contribution in [1.82, 2.24) is 5.32 Å². The van der Waals surface area contributed by atoms with Crippen molar-refractivity contribution in [3.63, 3.8) is 0 Å². The standard InChI is InChI=1S/C16H26ClN/c1-12-7-8-13(14(17)9-12)10-18-16(5,6)11-15(2,3)4/h7-9,18H,10-11H2,1-6H3. The van der Waals surface area contributed by atoms with Crippen molar-refractivity contribution in [2.75, 3.05) is 0 Å². The van der Waals surface area contributed by atoms with Gasteiger partial charge in [0.1, 0.15) is 0 Å². The van der Waals surface area contributed by atoms with Gasteiger partial charge >= 0.3 is 0 Å². The van der Waals surface area contributed by atoms with Crippen LogP contribution in [-0.2, 0) is 6.54 Å². The topological polar surface area (TPSA) is 12.0 Å². The SMILES string of the molecule is Cc1ccc(CNC(C)(C)CC(C)(C)C)c(Cl)c1. The molecule has 0 amide bonds. The van der Waals surface area contributed by atoms with E-state index in [0.717, 1.165) is 18.0 Å². The molecule has 0 aliphatic heterocycles. The normalized spacial score (nSPS) is 12.8. The molecule has 0 unspecified atom stereocenters. The first kappa shape index (κ1) is 15.5. The molecular weight excluding hydrogens is 242 g/mol. The molecule has 0 saturated carbocycles. The minimum Gasteiger partial charge on any atom is -0.308 e. The van der Waals surface area contributed by atoms with E-state index in [0.29, 0.717) is 5.41 Å². The maximum atomic E-state index is 6.25. The minimum atomic E-state index is 0.118. The Hall–Kier alpha value is -0.530. The molecule has 0 aliphatic rings. The van der Waals surface area contributed by atoms with Crippen LogP contribution in [0.25, 0.3) is 0 Å². The smallest absolute Gasteiger partial charge is 0.0453 e. The van der Waals surface area contributed by atoms with E-state index in [2.05, 4.69) is 59.0 Å². The van der Waals surface area contributed by atoms with Crippen LogP contribution in [0, 0.1) is 12.3 Å². The lowest BCUT2D eigenvalue weighted by Crippen LogP contribution is -2.41. The Morgan fingerprint density at radius 1 is 1.11 bits per heavy atom. The number of aryl methyl sites for hydroxylation is 1. The van der Waals surface area contributed by atoms with Gasteiger partial charge in [-0.1, -0.05) is 44.5 Å². The molecular formula is C16H26ClN. The molecule has 1 aromatic rings. The van der Waals surface area contributed by atoms with Crippen LogP contribution < -0.4 is 5.32 Å². The summed E-state index contributed by atoms with van der Waals surface area (Å²) in [6, 6.07) is 6.24. The molecule has 0 saturated heterocycles. The van der Waals surface area contributed by atoms with E-state index in [1.165, 1.54) is 11.1 Å². The Labute approximate surface area is 117 Å². The number of hydrogen-bond donors (Lipinski definition) is 1. The number of nitrogens with one attached hydrogen (secondary N) is 1. The van der Waals surface area contributed by atoms with Gasteiger partial charge in [-0.15, -0.1) is 0 Å². The van der Waals surface area contributed by atoms with Crippen molar-refractivity contribution in [2.45, 2.75) is 60.0 Å². The van der Waals surface area contributed by atoms with Gasteiger partial charge in [0, 0.05) is 17.1 Å². The summed E-state index contributed by atoms with van der Waals surface area (Å²) in [4.78, 5) is 0. The van der Waals surface area contributed by atoms with Crippen LogP contribution >= 0.6 is 11.6 Å². The van der Waals surface area contributed by atoms with Gasteiger partial charge in [0.25, 0.3) is 0 Å². The zero-order valence-electron chi connectivity index (χ0n) is 12.5. The lowest BCUT2D eigenvalue weighted by molar-refractivity contribution is 0.241. The van der Waals surface area contributed by atoms with Gasteiger partial charge in [-0.3, -0.25) is 0 Å². The number of rotatable bonds is 4. The number of halogens is 1. The predicted molar refractivity (Wildman–Crippen MR) is 81.2 cm³/mol. The lowest BCUT2D eigenvalue weighted by atomic mass is 9.82. The highest BCUT2D eigenvalue weighted by Gasteiger charge is 2.24. The third-order valence-electron chi connectivity index (χ3n) is 2.94. The van der Waals surface area contributed by atoms with Crippen molar-refractivity contribution in [2.24, 2.45) is 5.41 Å². The minimum absolute atomic E-state index is 0.118. The van der Waals surface area contributed by atoms with Crippen LogP contribution in [0.4, 0.5) is 0 Å². The van der Waals surface area contributed by atoms with E-state index in [1.807, 2.05) is 6.07 Å². The molecule has 0 spiro atoms. The summed E-state index contributed by atoms with van der Waals surface area (Å²) in [5, 5.41) is 4.46. The Morgan fingerprint density at radius 3 is 2.22 bits per heavy atom. The van der Waals surface area contributed by atoms with Crippen molar-refractivity contribution in [3.8, 4) is 0 Å². The summed E-state index contributed by atoms with van der Waals surface area (Å²) < 4.78 is 0. The van der Waals surface area contributed by atoms with Crippen LogP contribution in [-0.4, -0.2) is 5.54 Å². The van der Waals surface area contributed by atoms with Gasteiger partial charge in [-0.25, -0.2) is 0 Å². The first-order valence-corrected chi connectivity index (χ1v) is 6.97. The van der Waals surface area contributed by atoms with Gasteiger partial charge in [0.2, 0.25) is 0 Å². The maximum Gasteiger partial charge on any atom is 0.0453 e. The fourth-order valence-corrected chi connectivity index (χ4v) is 2.82. The Kier molecular flexibility index (Phi) is 4.85. The van der Waals surface area contributed by atoms with Crippen LogP contribution in [0.1, 0.15) is 52.2 Å². The van der Waals surface area contributed by atoms with Crippen molar-refractivity contribution >= 4 is 11.6 Å². The molecule has 0 aromatic heterocycles. The average Bonchev–Trinajstić information content (AvgIpc) is 2.12. The molecule has 0 atom stereocenters. The predicted octanol–water partition coefficient (Wildman–Crippen LogP) is 4.95. The van der Waals surface area contributed by atoms with Crippen molar-refractivity contribution in [1.29, 1.82) is 0 Å².